The molecule has 178 valence electrons. The predicted molar refractivity (Wildman–Crippen MR) is 137 cm³/mol. The minimum absolute atomic E-state index is 0. The largest absolute Gasteiger partial charge is 0.444 e. The van der Waals surface area contributed by atoms with Crippen LogP contribution in [0.25, 0.3) is 0 Å². The van der Waals surface area contributed by atoms with Crippen molar-refractivity contribution in [2.75, 3.05) is 52.4 Å². The number of hydrogen-bond donors (Lipinski definition) is 3. The normalized spacial score (nSPS) is 11.5. The molecule has 1 amide bonds. The van der Waals surface area contributed by atoms with Crippen molar-refractivity contribution in [1.29, 1.82) is 0 Å². The second-order valence-electron chi connectivity index (χ2n) is 7.81. The molecule has 1 aromatic carbocycles. The Hall–Kier alpha value is -1.59. The summed E-state index contributed by atoms with van der Waals surface area (Å²) in [6, 6.07) is 7.74. The van der Waals surface area contributed by atoms with E-state index < -0.39 is 11.7 Å². The van der Waals surface area contributed by atoms with E-state index in [2.05, 4.69) is 20.9 Å². The van der Waals surface area contributed by atoms with Crippen molar-refractivity contribution in [2.45, 2.75) is 45.6 Å². The van der Waals surface area contributed by atoms with E-state index in [0.717, 1.165) is 44.9 Å². The molecule has 0 spiro atoms. The molecule has 9 heteroatoms. The average molecular weight is 550 g/mol. The number of ether oxygens (including phenoxy) is 3. The van der Waals surface area contributed by atoms with Gasteiger partial charge in [-0.15, -0.1) is 24.0 Å². The number of nitrogens with zero attached hydrogens (tertiary/aromatic N) is 1. The molecule has 1 aromatic rings. The SMILES string of the molecule is CN=C(NCCCCOCCOC)NCCc1ccc(NC(=O)OC(C)(C)C)cc1.I. The van der Waals surface area contributed by atoms with Gasteiger partial charge in [0.2, 0.25) is 0 Å². The van der Waals surface area contributed by atoms with Crippen molar-refractivity contribution >= 4 is 41.7 Å². The highest BCUT2D eigenvalue weighted by molar-refractivity contribution is 14.0. The summed E-state index contributed by atoms with van der Waals surface area (Å²) >= 11 is 0. The number of carbonyl (C=O) groups is 1. The second-order valence-corrected chi connectivity index (χ2v) is 7.81. The van der Waals surface area contributed by atoms with Gasteiger partial charge in [-0.2, -0.15) is 0 Å². The van der Waals surface area contributed by atoms with Crippen molar-refractivity contribution in [1.82, 2.24) is 10.6 Å². The maximum atomic E-state index is 11.8. The van der Waals surface area contributed by atoms with E-state index in [1.54, 1.807) is 14.2 Å². The van der Waals surface area contributed by atoms with E-state index in [4.69, 9.17) is 14.2 Å². The Bertz CT molecular complexity index is 633. The third-order valence-electron chi connectivity index (χ3n) is 3.97. The fraction of sp³-hybridized carbons (Fsp3) is 0.636. The molecule has 0 fully saturated rings. The van der Waals surface area contributed by atoms with Crippen molar-refractivity contribution in [3.63, 3.8) is 0 Å². The summed E-state index contributed by atoms with van der Waals surface area (Å²) in [5, 5.41) is 9.35. The molecule has 0 aliphatic rings. The molecule has 8 nitrogen and oxygen atoms in total. The van der Waals surface area contributed by atoms with Gasteiger partial charge in [0.05, 0.1) is 13.2 Å². The number of carbonyl (C=O) groups excluding carboxylic acids is 1. The summed E-state index contributed by atoms with van der Waals surface area (Å²) in [4.78, 5) is 16.0. The summed E-state index contributed by atoms with van der Waals surface area (Å²) in [5.41, 5.74) is 1.37. The van der Waals surface area contributed by atoms with Gasteiger partial charge in [0.1, 0.15) is 5.60 Å². The van der Waals surface area contributed by atoms with Crippen LogP contribution in [0.4, 0.5) is 10.5 Å². The minimum atomic E-state index is -0.514. The number of guanidine groups is 1. The van der Waals surface area contributed by atoms with Crippen LogP contribution >= 0.6 is 24.0 Å². The molecule has 1 rings (SSSR count). The minimum Gasteiger partial charge on any atom is -0.444 e. The molecule has 0 saturated heterocycles. The van der Waals surface area contributed by atoms with Crippen molar-refractivity contribution in [2.24, 2.45) is 4.99 Å². The first-order valence-corrected chi connectivity index (χ1v) is 10.4. The van der Waals surface area contributed by atoms with Crippen LogP contribution in [-0.4, -0.2) is 64.7 Å². The molecule has 0 aromatic heterocycles. The Labute approximate surface area is 203 Å². The van der Waals surface area contributed by atoms with Gasteiger partial charge in [0.25, 0.3) is 0 Å². The fourth-order valence-electron chi connectivity index (χ4n) is 2.50. The molecule has 0 bridgehead atoms. The van der Waals surface area contributed by atoms with Crippen molar-refractivity contribution in [3.05, 3.63) is 29.8 Å². The lowest BCUT2D eigenvalue weighted by molar-refractivity contribution is 0.0636. The number of anilines is 1. The van der Waals surface area contributed by atoms with Gasteiger partial charge in [0, 0.05) is 39.5 Å². The quantitative estimate of drug-likeness (QED) is 0.159. The van der Waals surface area contributed by atoms with Crippen molar-refractivity contribution in [3.8, 4) is 0 Å². The van der Waals surface area contributed by atoms with Crippen LogP contribution in [0.2, 0.25) is 0 Å². The Kier molecular flexibility index (Phi) is 16.1. The number of unbranched alkanes of at least 4 members (excludes halogenated alkanes) is 1. The Morgan fingerprint density at radius 1 is 1.00 bits per heavy atom. The number of hydrogen-bond acceptors (Lipinski definition) is 5. The molecule has 0 radical (unpaired) electrons. The molecule has 31 heavy (non-hydrogen) atoms. The molecular weight excluding hydrogens is 511 g/mol. The monoisotopic (exact) mass is 550 g/mol. The summed E-state index contributed by atoms with van der Waals surface area (Å²) in [6.07, 6.45) is 2.41. The van der Waals surface area contributed by atoms with Gasteiger partial charge in [-0.1, -0.05) is 12.1 Å². The summed E-state index contributed by atoms with van der Waals surface area (Å²) < 4.78 is 15.6. The average Bonchev–Trinajstić information content (AvgIpc) is 2.68. The van der Waals surface area contributed by atoms with E-state index in [0.29, 0.717) is 18.9 Å². The highest BCUT2D eigenvalue weighted by Crippen LogP contribution is 2.13. The number of nitrogens with one attached hydrogen (secondary N) is 3. The summed E-state index contributed by atoms with van der Waals surface area (Å²) in [7, 11) is 3.44. The zero-order valence-corrected chi connectivity index (χ0v) is 21.8. The highest BCUT2D eigenvalue weighted by Gasteiger charge is 2.16. The fourth-order valence-corrected chi connectivity index (χ4v) is 2.50. The van der Waals surface area contributed by atoms with Gasteiger partial charge in [0.15, 0.2) is 5.96 Å². The third kappa shape index (κ3) is 15.8. The van der Waals surface area contributed by atoms with Crippen LogP contribution in [0.5, 0.6) is 0 Å². The first kappa shape index (κ1) is 29.4. The molecule has 0 unspecified atom stereocenters. The number of benzene rings is 1. The third-order valence-corrected chi connectivity index (χ3v) is 3.97. The zero-order chi connectivity index (χ0) is 22.2. The highest BCUT2D eigenvalue weighted by atomic mass is 127. The Morgan fingerprint density at radius 2 is 1.68 bits per heavy atom. The van der Waals surface area contributed by atoms with Gasteiger partial charge >= 0.3 is 6.09 Å². The van der Waals surface area contributed by atoms with Crippen LogP contribution in [0.3, 0.4) is 0 Å². The standard InChI is InChI=1S/C22H38N4O4.HI/c1-22(2,3)30-21(27)26-19-10-8-18(9-11-19)12-14-25-20(23-4)24-13-6-7-15-29-17-16-28-5;/h8-11H,6-7,12-17H2,1-5H3,(H,26,27)(H2,23,24,25);1H. The Morgan fingerprint density at radius 3 is 2.29 bits per heavy atom. The van der Waals surface area contributed by atoms with Crippen LogP contribution in [0, 0.1) is 0 Å². The van der Waals surface area contributed by atoms with Crippen molar-refractivity contribution < 1.29 is 19.0 Å². The molecule has 3 N–H and O–H groups in total. The van der Waals surface area contributed by atoms with Gasteiger partial charge in [-0.3, -0.25) is 10.3 Å². The van der Waals surface area contributed by atoms with Crippen LogP contribution in [-0.2, 0) is 20.6 Å². The molecule has 0 aliphatic heterocycles. The van der Waals surface area contributed by atoms with Crippen LogP contribution in [0.15, 0.2) is 29.3 Å². The molecule has 0 saturated carbocycles. The lowest BCUT2D eigenvalue weighted by atomic mass is 10.1. The lowest BCUT2D eigenvalue weighted by Gasteiger charge is -2.19. The molecule has 0 heterocycles. The van der Waals surface area contributed by atoms with Crippen LogP contribution < -0.4 is 16.0 Å². The van der Waals surface area contributed by atoms with Gasteiger partial charge in [-0.25, -0.2) is 4.79 Å². The van der Waals surface area contributed by atoms with E-state index >= 15 is 0 Å². The van der Waals surface area contributed by atoms with E-state index in [1.165, 1.54) is 5.56 Å². The lowest BCUT2D eigenvalue weighted by Crippen LogP contribution is -2.38. The maximum absolute atomic E-state index is 11.8. The number of rotatable bonds is 12. The summed E-state index contributed by atoms with van der Waals surface area (Å²) in [6.45, 7) is 9.15. The number of amides is 1. The first-order chi connectivity index (χ1) is 14.3. The number of methoxy groups -OCH3 is 1. The van der Waals surface area contributed by atoms with E-state index in [-0.39, 0.29) is 24.0 Å². The maximum Gasteiger partial charge on any atom is 0.412 e. The number of aliphatic imine (C=N–C) groups is 1. The van der Waals surface area contributed by atoms with Gasteiger partial charge in [-0.05, 0) is 57.7 Å². The van der Waals surface area contributed by atoms with Crippen LogP contribution in [0.1, 0.15) is 39.2 Å². The van der Waals surface area contributed by atoms with Gasteiger partial charge < -0.3 is 24.8 Å². The second kappa shape index (κ2) is 17.0. The molecule has 0 atom stereocenters. The first-order valence-electron chi connectivity index (χ1n) is 10.4. The topological polar surface area (TPSA) is 93.2 Å². The zero-order valence-electron chi connectivity index (χ0n) is 19.5. The van der Waals surface area contributed by atoms with E-state index in [1.807, 2.05) is 45.0 Å². The number of halogens is 1. The smallest absolute Gasteiger partial charge is 0.412 e. The summed E-state index contributed by atoms with van der Waals surface area (Å²) in [5.74, 6) is 0.790. The van der Waals surface area contributed by atoms with E-state index in [9.17, 15) is 4.79 Å². The predicted octanol–water partition coefficient (Wildman–Crippen LogP) is 3.80. The molecular formula is C22H39IN4O4. The molecule has 0 aliphatic carbocycles. The Balaban J connectivity index is 0.00000900.